The molecule has 0 N–H and O–H groups in total. The maximum Gasteiger partial charge on any atom is 0.342 e. The zero-order valence-corrected chi connectivity index (χ0v) is 18.5. The minimum atomic E-state index is -1.39. The first kappa shape index (κ1) is 23.9. The second-order valence-electron chi connectivity index (χ2n) is 6.31. The molecule has 0 bridgehead atoms. The van der Waals surface area contributed by atoms with Crippen molar-refractivity contribution in [2.24, 2.45) is 0 Å². The fraction of sp³-hybridized carbons (Fsp3) is 0.650. The average molecular weight is 440 g/mol. The highest BCUT2D eigenvalue weighted by molar-refractivity contribution is 7.99. The first-order valence-electron chi connectivity index (χ1n) is 9.39. The lowest BCUT2D eigenvalue weighted by atomic mass is 10.1. The van der Waals surface area contributed by atoms with Crippen molar-refractivity contribution < 1.29 is 9.53 Å². The molecule has 0 heterocycles. The predicted octanol–water partition coefficient (Wildman–Crippen LogP) is 7.68. The van der Waals surface area contributed by atoms with E-state index in [0.717, 1.165) is 30.0 Å². The Morgan fingerprint density at radius 3 is 2.08 bits per heavy atom. The number of hydrogen-bond acceptors (Lipinski definition) is 3. The Balaban J connectivity index is 1.91. The highest BCUT2D eigenvalue weighted by Gasteiger charge is 2.34. The van der Waals surface area contributed by atoms with Crippen molar-refractivity contribution in [1.82, 2.24) is 0 Å². The molecule has 0 aliphatic rings. The van der Waals surface area contributed by atoms with Crippen LogP contribution in [0.4, 0.5) is 0 Å². The lowest BCUT2D eigenvalue weighted by molar-refractivity contribution is -0.144. The van der Waals surface area contributed by atoms with E-state index in [1.807, 2.05) is 23.9 Å². The molecule has 148 valence electrons. The molecule has 1 rings (SSSR count). The lowest BCUT2D eigenvalue weighted by Crippen LogP contribution is -2.28. The van der Waals surface area contributed by atoms with E-state index in [1.54, 1.807) is 6.92 Å². The van der Waals surface area contributed by atoms with Crippen LogP contribution in [0.1, 0.15) is 64.7 Å². The maximum absolute atomic E-state index is 11.6. The van der Waals surface area contributed by atoms with Crippen molar-refractivity contribution in [3.63, 3.8) is 0 Å². The molecule has 0 radical (unpaired) electrons. The molecule has 0 fully saturated rings. The summed E-state index contributed by atoms with van der Waals surface area (Å²) in [4.78, 5) is 12.9. The number of rotatable bonds is 14. The number of thioether (sulfide) groups is 1. The Morgan fingerprint density at radius 1 is 0.962 bits per heavy atom. The Morgan fingerprint density at radius 2 is 1.50 bits per heavy atom. The molecule has 26 heavy (non-hydrogen) atoms. The van der Waals surface area contributed by atoms with Crippen molar-refractivity contribution in [1.29, 1.82) is 0 Å². The van der Waals surface area contributed by atoms with Crippen LogP contribution in [0.5, 0.6) is 0 Å². The third kappa shape index (κ3) is 10.9. The summed E-state index contributed by atoms with van der Waals surface area (Å²) in [6.07, 6.45) is 9.79. The lowest BCUT2D eigenvalue weighted by Gasteiger charge is -2.17. The predicted molar refractivity (Wildman–Crippen MR) is 115 cm³/mol. The van der Waals surface area contributed by atoms with Crippen LogP contribution in [0, 0.1) is 0 Å². The summed E-state index contributed by atoms with van der Waals surface area (Å²) in [5.41, 5.74) is 0. The average Bonchev–Trinajstić information content (AvgIpc) is 2.61. The van der Waals surface area contributed by atoms with Gasteiger partial charge in [0.1, 0.15) is 0 Å². The van der Waals surface area contributed by atoms with Gasteiger partial charge in [-0.1, -0.05) is 73.3 Å². The highest BCUT2D eigenvalue weighted by Crippen LogP contribution is 2.29. The second-order valence-corrected chi connectivity index (χ2v) is 9.39. The minimum Gasteiger partial charge on any atom is -0.464 e. The van der Waals surface area contributed by atoms with Crippen molar-refractivity contribution >= 4 is 52.5 Å². The highest BCUT2D eigenvalue weighted by atomic mass is 35.5. The van der Waals surface area contributed by atoms with E-state index < -0.39 is 10.3 Å². The van der Waals surface area contributed by atoms with Crippen LogP contribution < -0.4 is 0 Å². The summed E-state index contributed by atoms with van der Waals surface area (Å²) < 4.78 is 3.48. The number of ether oxygens (including phenoxy) is 1. The Bertz CT molecular complexity index is 506. The minimum absolute atomic E-state index is 0.304. The summed E-state index contributed by atoms with van der Waals surface area (Å²) in [5.74, 6) is 0.628. The summed E-state index contributed by atoms with van der Waals surface area (Å²) >= 11 is 19.8. The molecule has 0 unspecified atom stereocenters. The van der Waals surface area contributed by atoms with E-state index in [-0.39, 0.29) is 0 Å². The molecule has 0 aromatic heterocycles. The van der Waals surface area contributed by atoms with Crippen LogP contribution in [-0.2, 0) is 9.53 Å². The third-order valence-electron chi connectivity index (χ3n) is 4.04. The van der Waals surface area contributed by atoms with Gasteiger partial charge < -0.3 is 4.74 Å². The van der Waals surface area contributed by atoms with Gasteiger partial charge in [-0.25, -0.2) is 4.79 Å². The maximum atomic E-state index is 11.6. The molecule has 0 atom stereocenters. The SMILES string of the molecule is CCOC(=O)C(Cl)(Cl)CCCCCCCCCCSc1ccc(Cl)cc1. The summed E-state index contributed by atoms with van der Waals surface area (Å²) in [6.45, 7) is 2.05. The fourth-order valence-corrected chi connectivity index (χ4v) is 3.98. The van der Waals surface area contributed by atoms with Crippen LogP contribution in [0.3, 0.4) is 0 Å². The molecule has 0 aliphatic heterocycles. The molecule has 0 amide bonds. The van der Waals surface area contributed by atoms with E-state index in [0.29, 0.717) is 13.0 Å². The molecule has 2 nitrogen and oxygen atoms in total. The third-order valence-corrected chi connectivity index (χ3v) is 6.08. The molecule has 0 saturated carbocycles. The van der Waals surface area contributed by atoms with Gasteiger partial charge in [0.2, 0.25) is 4.33 Å². The molecular formula is C20H29Cl3O2S. The Hall–Kier alpha value is -0.0900. The summed E-state index contributed by atoms with van der Waals surface area (Å²) in [5, 5.41) is 0.790. The molecule has 0 aliphatic carbocycles. The molecule has 6 heteroatoms. The van der Waals surface area contributed by atoms with Crippen LogP contribution >= 0.6 is 46.6 Å². The number of benzene rings is 1. The summed E-state index contributed by atoms with van der Waals surface area (Å²) in [6, 6.07) is 8.03. The number of carbonyl (C=O) groups excluding carboxylic acids is 1. The molecule has 0 spiro atoms. The van der Waals surface area contributed by atoms with Crippen molar-refractivity contribution in [3.05, 3.63) is 29.3 Å². The van der Waals surface area contributed by atoms with Crippen LogP contribution in [0.2, 0.25) is 5.02 Å². The van der Waals surface area contributed by atoms with Crippen LogP contribution in [-0.4, -0.2) is 22.7 Å². The van der Waals surface area contributed by atoms with E-state index >= 15 is 0 Å². The molecule has 1 aromatic carbocycles. The fourth-order valence-electron chi connectivity index (χ4n) is 2.57. The van der Waals surface area contributed by atoms with Crippen molar-refractivity contribution in [3.8, 4) is 0 Å². The van der Waals surface area contributed by atoms with Gasteiger partial charge in [0.25, 0.3) is 0 Å². The number of halogens is 3. The number of hydrogen-bond donors (Lipinski definition) is 0. The van der Waals surface area contributed by atoms with Gasteiger partial charge in [0.05, 0.1) is 6.61 Å². The van der Waals surface area contributed by atoms with Gasteiger partial charge in [-0.2, -0.15) is 0 Å². The van der Waals surface area contributed by atoms with Crippen molar-refractivity contribution in [2.45, 2.75) is 73.9 Å². The Labute approximate surface area is 177 Å². The van der Waals surface area contributed by atoms with E-state index in [4.69, 9.17) is 39.5 Å². The zero-order valence-electron chi connectivity index (χ0n) is 15.4. The second kappa shape index (κ2) is 14.0. The monoisotopic (exact) mass is 438 g/mol. The smallest absolute Gasteiger partial charge is 0.342 e. The number of unbranched alkanes of at least 4 members (excludes halogenated alkanes) is 7. The first-order valence-corrected chi connectivity index (χ1v) is 11.5. The van der Waals surface area contributed by atoms with Gasteiger partial charge in [0.15, 0.2) is 0 Å². The van der Waals surface area contributed by atoms with Gasteiger partial charge in [-0.15, -0.1) is 11.8 Å². The quantitative estimate of drug-likeness (QED) is 0.129. The molecular weight excluding hydrogens is 411 g/mol. The molecule has 1 aromatic rings. The van der Waals surface area contributed by atoms with E-state index in [2.05, 4.69) is 12.1 Å². The number of carbonyl (C=O) groups is 1. The van der Waals surface area contributed by atoms with Gasteiger partial charge >= 0.3 is 5.97 Å². The standard InChI is InChI=1S/C20H29Cl3O2S/c1-2-25-19(24)20(22,23)15-9-7-5-3-4-6-8-10-16-26-18-13-11-17(21)12-14-18/h11-14H,2-10,15-16H2,1H3. The van der Waals surface area contributed by atoms with Gasteiger partial charge in [-0.05, 0) is 56.2 Å². The van der Waals surface area contributed by atoms with Crippen LogP contribution in [0.15, 0.2) is 29.2 Å². The van der Waals surface area contributed by atoms with E-state index in [1.165, 1.54) is 37.0 Å². The number of alkyl halides is 2. The molecule has 0 saturated heterocycles. The van der Waals surface area contributed by atoms with E-state index in [9.17, 15) is 4.79 Å². The largest absolute Gasteiger partial charge is 0.464 e. The van der Waals surface area contributed by atoms with Crippen LogP contribution in [0.25, 0.3) is 0 Å². The van der Waals surface area contributed by atoms with Crippen molar-refractivity contribution in [2.75, 3.05) is 12.4 Å². The normalized spacial score (nSPS) is 11.5. The first-order chi connectivity index (χ1) is 12.5. The van der Waals surface area contributed by atoms with Gasteiger partial charge in [0, 0.05) is 9.92 Å². The van der Waals surface area contributed by atoms with Gasteiger partial charge in [-0.3, -0.25) is 0 Å². The summed E-state index contributed by atoms with van der Waals surface area (Å²) in [7, 11) is 0. The zero-order chi connectivity index (χ0) is 19.3. The topological polar surface area (TPSA) is 26.3 Å². The Kier molecular flexibility index (Phi) is 12.9. The number of esters is 1.